The highest BCUT2D eigenvalue weighted by molar-refractivity contribution is 7.11. The van der Waals surface area contributed by atoms with Crippen LogP contribution in [-0.2, 0) is 11.2 Å². The van der Waals surface area contributed by atoms with Crippen molar-refractivity contribution in [3.05, 3.63) is 15.6 Å². The average molecular weight is 286 g/mol. The predicted molar refractivity (Wildman–Crippen MR) is 71.8 cm³/mol. The van der Waals surface area contributed by atoms with Crippen molar-refractivity contribution in [2.45, 2.75) is 39.7 Å². The standard InChI is InChI=1S/C12H18N2O4S/c1-7-9(10(15)16)14-8(19-7)5-6-13-11(17)18-12(2,3)4/h5-6H2,1-4H3,(H,13,17)(H,15,16). The average Bonchev–Trinajstić information content (AvgIpc) is 2.57. The number of aryl methyl sites for hydroxylation is 1. The van der Waals surface area contributed by atoms with E-state index in [1.165, 1.54) is 11.3 Å². The summed E-state index contributed by atoms with van der Waals surface area (Å²) in [4.78, 5) is 26.9. The topological polar surface area (TPSA) is 88.5 Å². The molecule has 0 fully saturated rings. The molecule has 0 unspecified atom stereocenters. The van der Waals surface area contributed by atoms with Crippen LogP contribution in [0.2, 0.25) is 0 Å². The second kappa shape index (κ2) is 6.01. The Labute approximate surface area is 115 Å². The number of amides is 1. The van der Waals surface area contributed by atoms with Crippen LogP contribution in [0.1, 0.15) is 41.1 Å². The number of carboxylic acids is 1. The fourth-order valence-corrected chi connectivity index (χ4v) is 2.27. The van der Waals surface area contributed by atoms with Gasteiger partial charge in [0.25, 0.3) is 0 Å². The summed E-state index contributed by atoms with van der Waals surface area (Å²) in [7, 11) is 0. The molecule has 0 saturated carbocycles. The Kier molecular flexibility index (Phi) is 4.88. The molecule has 6 nitrogen and oxygen atoms in total. The smallest absolute Gasteiger partial charge is 0.407 e. The molecule has 0 aliphatic heterocycles. The van der Waals surface area contributed by atoms with E-state index >= 15 is 0 Å². The normalized spacial score (nSPS) is 11.2. The summed E-state index contributed by atoms with van der Waals surface area (Å²) >= 11 is 1.32. The van der Waals surface area contributed by atoms with Crippen LogP contribution in [0.4, 0.5) is 4.79 Å². The molecule has 1 rings (SSSR count). The van der Waals surface area contributed by atoms with E-state index in [0.717, 1.165) is 0 Å². The zero-order valence-electron chi connectivity index (χ0n) is 11.4. The van der Waals surface area contributed by atoms with E-state index in [1.54, 1.807) is 27.7 Å². The summed E-state index contributed by atoms with van der Waals surface area (Å²) in [6, 6.07) is 0. The molecule has 0 aliphatic rings. The molecular formula is C12H18N2O4S. The summed E-state index contributed by atoms with van der Waals surface area (Å²) in [5.41, 5.74) is -0.449. The quantitative estimate of drug-likeness (QED) is 0.886. The number of alkyl carbamates (subject to hydrolysis) is 1. The van der Waals surface area contributed by atoms with Crippen molar-refractivity contribution in [2.24, 2.45) is 0 Å². The molecule has 1 amide bonds. The van der Waals surface area contributed by atoms with Crippen LogP contribution < -0.4 is 5.32 Å². The second-order valence-corrected chi connectivity index (χ2v) is 6.28. The number of nitrogens with zero attached hydrogens (tertiary/aromatic N) is 1. The molecule has 106 valence electrons. The minimum atomic E-state index is -1.03. The van der Waals surface area contributed by atoms with Gasteiger partial charge in [-0.25, -0.2) is 14.6 Å². The van der Waals surface area contributed by atoms with Gasteiger partial charge in [0.1, 0.15) is 5.60 Å². The molecule has 1 aromatic heterocycles. The van der Waals surface area contributed by atoms with Crippen molar-refractivity contribution >= 4 is 23.4 Å². The number of carboxylic acid groups (broad SMARTS) is 1. The molecule has 0 radical (unpaired) electrons. The summed E-state index contributed by atoms with van der Waals surface area (Å²) in [5.74, 6) is -1.03. The van der Waals surface area contributed by atoms with Gasteiger partial charge in [-0.2, -0.15) is 0 Å². The van der Waals surface area contributed by atoms with Crippen molar-refractivity contribution in [3.63, 3.8) is 0 Å². The maximum absolute atomic E-state index is 11.4. The van der Waals surface area contributed by atoms with Crippen LogP contribution in [0.25, 0.3) is 0 Å². The number of hydrogen-bond donors (Lipinski definition) is 2. The monoisotopic (exact) mass is 286 g/mol. The van der Waals surface area contributed by atoms with E-state index in [0.29, 0.717) is 22.9 Å². The maximum Gasteiger partial charge on any atom is 0.407 e. The van der Waals surface area contributed by atoms with Crippen LogP contribution >= 0.6 is 11.3 Å². The van der Waals surface area contributed by atoms with Crippen molar-refractivity contribution in [1.29, 1.82) is 0 Å². The Hall–Kier alpha value is -1.63. The van der Waals surface area contributed by atoms with E-state index < -0.39 is 17.7 Å². The lowest BCUT2D eigenvalue weighted by Gasteiger charge is -2.19. The molecule has 1 heterocycles. The number of nitrogens with one attached hydrogen (secondary N) is 1. The van der Waals surface area contributed by atoms with Crippen LogP contribution in [0.5, 0.6) is 0 Å². The summed E-state index contributed by atoms with van der Waals surface area (Å²) in [6.07, 6.45) is -0.00266. The van der Waals surface area contributed by atoms with Gasteiger partial charge in [-0.15, -0.1) is 11.3 Å². The number of rotatable bonds is 4. The third-order valence-electron chi connectivity index (χ3n) is 2.05. The number of hydrogen-bond acceptors (Lipinski definition) is 5. The first-order valence-electron chi connectivity index (χ1n) is 5.85. The second-order valence-electron chi connectivity index (χ2n) is 5.00. The van der Waals surface area contributed by atoms with Crippen molar-refractivity contribution in [3.8, 4) is 0 Å². The van der Waals surface area contributed by atoms with Crippen LogP contribution in [0, 0.1) is 6.92 Å². The highest BCUT2D eigenvalue weighted by Gasteiger charge is 2.16. The van der Waals surface area contributed by atoms with E-state index in [2.05, 4.69) is 10.3 Å². The summed E-state index contributed by atoms with van der Waals surface area (Å²) < 4.78 is 5.08. The molecule has 0 aromatic carbocycles. The predicted octanol–water partition coefficient (Wildman–Crippen LogP) is 2.22. The van der Waals surface area contributed by atoms with E-state index in [-0.39, 0.29) is 5.69 Å². The fourth-order valence-electron chi connectivity index (χ4n) is 1.34. The maximum atomic E-state index is 11.4. The Morgan fingerprint density at radius 2 is 2.05 bits per heavy atom. The molecular weight excluding hydrogens is 268 g/mol. The third kappa shape index (κ3) is 5.25. The first kappa shape index (κ1) is 15.4. The number of ether oxygens (including phenoxy) is 1. The molecule has 0 bridgehead atoms. The van der Waals surface area contributed by atoms with Gasteiger partial charge in [0.05, 0.1) is 5.01 Å². The summed E-state index contributed by atoms with van der Waals surface area (Å²) in [5, 5.41) is 12.2. The number of carbonyl (C=O) groups is 2. The van der Waals surface area contributed by atoms with Gasteiger partial charge in [0, 0.05) is 17.8 Å². The fraction of sp³-hybridized carbons (Fsp3) is 0.583. The Balaban J connectivity index is 2.44. The molecule has 0 saturated heterocycles. The minimum Gasteiger partial charge on any atom is -0.476 e. The highest BCUT2D eigenvalue weighted by Crippen LogP contribution is 2.17. The Morgan fingerprint density at radius 1 is 1.42 bits per heavy atom. The molecule has 0 aliphatic carbocycles. The number of aromatic nitrogens is 1. The van der Waals surface area contributed by atoms with Gasteiger partial charge in [-0.1, -0.05) is 0 Å². The van der Waals surface area contributed by atoms with Crippen molar-refractivity contribution in [2.75, 3.05) is 6.54 Å². The minimum absolute atomic E-state index is 0.0808. The number of carbonyl (C=O) groups excluding carboxylic acids is 1. The van der Waals surface area contributed by atoms with Crippen LogP contribution in [0.15, 0.2) is 0 Å². The van der Waals surface area contributed by atoms with Crippen LogP contribution in [0.3, 0.4) is 0 Å². The third-order valence-corrected chi connectivity index (χ3v) is 3.08. The highest BCUT2D eigenvalue weighted by atomic mass is 32.1. The molecule has 0 spiro atoms. The lowest BCUT2D eigenvalue weighted by Crippen LogP contribution is -2.33. The van der Waals surface area contributed by atoms with Gasteiger partial charge < -0.3 is 15.2 Å². The molecule has 7 heteroatoms. The van der Waals surface area contributed by atoms with Crippen LogP contribution in [-0.4, -0.2) is 34.3 Å². The van der Waals surface area contributed by atoms with E-state index in [9.17, 15) is 9.59 Å². The summed E-state index contributed by atoms with van der Waals surface area (Å²) in [6.45, 7) is 7.44. The zero-order valence-corrected chi connectivity index (χ0v) is 12.3. The lowest BCUT2D eigenvalue weighted by atomic mass is 10.2. The Bertz CT molecular complexity index is 477. The van der Waals surface area contributed by atoms with E-state index in [4.69, 9.17) is 9.84 Å². The van der Waals surface area contributed by atoms with Crippen molar-refractivity contribution in [1.82, 2.24) is 10.3 Å². The van der Waals surface area contributed by atoms with Gasteiger partial charge in [0.2, 0.25) is 0 Å². The first-order valence-corrected chi connectivity index (χ1v) is 6.67. The molecule has 2 N–H and O–H groups in total. The zero-order chi connectivity index (χ0) is 14.6. The molecule has 1 aromatic rings. The molecule has 19 heavy (non-hydrogen) atoms. The lowest BCUT2D eigenvalue weighted by molar-refractivity contribution is 0.0527. The van der Waals surface area contributed by atoms with Gasteiger partial charge >= 0.3 is 12.1 Å². The number of thiazole rings is 1. The van der Waals surface area contributed by atoms with Gasteiger partial charge in [0.15, 0.2) is 5.69 Å². The van der Waals surface area contributed by atoms with E-state index in [1.807, 2.05) is 0 Å². The largest absolute Gasteiger partial charge is 0.476 e. The first-order chi connectivity index (χ1) is 8.69. The SMILES string of the molecule is Cc1sc(CCNC(=O)OC(C)(C)C)nc1C(=O)O. The molecule has 0 atom stereocenters. The Morgan fingerprint density at radius 3 is 2.53 bits per heavy atom. The van der Waals surface area contributed by atoms with Gasteiger partial charge in [-0.05, 0) is 27.7 Å². The van der Waals surface area contributed by atoms with Gasteiger partial charge in [-0.3, -0.25) is 0 Å². The van der Waals surface area contributed by atoms with Crippen molar-refractivity contribution < 1.29 is 19.4 Å². The number of aromatic carboxylic acids is 1.